The van der Waals surface area contributed by atoms with E-state index in [4.69, 9.17) is 9.73 Å². The van der Waals surface area contributed by atoms with Crippen molar-refractivity contribution in [2.24, 2.45) is 4.99 Å². The van der Waals surface area contributed by atoms with E-state index < -0.39 is 0 Å². The van der Waals surface area contributed by atoms with Gasteiger partial charge in [-0.3, -0.25) is 4.79 Å². The Balaban J connectivity index is 0.00000341. The Kier molecular flexibility index (Phi) is 10.6. The molecule has 2 aromatic carbocycles. The number of benzene rings is 2. The standard InChI is InChI=1S/C24H32N4O2.HI/c1-3-25-24(26-15-14-21-7-4-5-8-22(21)30-2)27-17-19-10-12-20(13-11-19)18-28-16-6-9-23(28)29;/h4-5,7-8,10-13H,3,6,9,14-18H2,1-2H3,(H2,25,26,27);1H. The zero-order valence-corrected chi connectivity index (χ0v) is 20.7. The van der Waals surface area contributed by atoms with Gasteiger partial charge in [-0.05, 0) is 42.5 Å². The molecule has 0 aromatic heterocycles. The summed E-state index contributed by atoms with van der Waals surface area (Å²) >= 11 is 0. The summed E-state index contributed by atoms with van der Waals surface area (Å²) in [5.74, 6) is 1.98. The summed E-state index contributed by atoms with van der Waals surface area (Å²) in [5.41, 5.74) is 3.49. The van der Waals surface area contributed by atoms with Gasteiger partial charge in [0.1, 0.15) is 5.75 Å². The van der Waals surface area contributed by atoms with Crippen molar-refractivity contribution < 1.29 is 9.53 Å². The SMILES string of the molecule is CCNC(=NCc1ccc(CN2CCCC2=O)cc1)NCCc1ccccc1OC.I. The molecular formula is C24H33IN4O2. The highest BCUT2D eigenvalue weighted by molar-refractivity contribution is 14.0. The molecule has 1 fully saturated rings. The molecule has 0 saturated carbocycles. The van der Waals surface area contributed by atoms with Gasteiger partial charge >= 0.3 is 0 Å². The predicted molar refractivity (Wildman–Crippen MR) is 136 cm³/mol. The van der Waals surface area contributed by atoms with Crippen molar-refractivity contribution in [3.8, 4) is 5.75 Å². The van der Waals surface area contributed by atoms with Gasteiger partial charge in [-0.15, -0.1) is 24.0 Å². The van der Waals surface area contributed by atoms with E-state index in [2.05, 4.69) is 47.9 Å². The van der Waals surface area contributed by atoms with Crippen molar-refractivity contribution in [2.45, 2.75) is 39.3 Å². The third-order valence-electron chi connectivity index (χ3n) is 5.21. The summed E-state index contributed by atoms with van der Waals surface area (Å²) in [6, 6.07) is 16.5. The molecule has 1 heterocycles. The normalized spacial score (nSPS) is 13.7. The van der Waals surface area contributed by atoms with Gasteiger partial charge in [0.2, 0.25) is 5.91 Å². The fourth-order valence-electron chi connectivity index (χ4n) is 3.58. The number of nitrogens with zero attached hydrogens (tertiary/aromatic N) is 2. The monoisotopic (exact) mass is 536 g/mol. The molecule has 7 heteroatoms. The first-order valence-electron chi connectivity index (χ1n) is 10.7. The van der Waals surface area contributed by atoms with Gasteiger partial charge in [-0.2, -0.15) is 0 Å². The predicted octanol–water partition coefficient (Wildman–Crippen LogP) is 3.73. The first kappa shape index (κ1) is 25.0. The summed E-state index contributed by atoms with van der Waals surface area (Å²) < 4.78 is 5.42. The van der Waals surface area contributed by atoms with E-state index >= 15 is 0 Å². The minimum Gasteiger partial charge on any atom is -0.496 e. The number of hydrogen-bond acceptors (Lipinski definition) is 3. The Morgan fingerprint density at radius 1 is 1.10 bits per heavy atom. The zero-order chi connectivity index (χ0) is 21.2. The first-order chi connectivity index (χ1) is 14.7. The summed E-state index contributed by atoms with van der Waals surface area (Å²) in [4.78, 5) is 18.4. The molecule has 6 nitrogen and oxygen atoms in total. The largest absolute Gasteiger partial charge is 0.496 e. The fraction of sp³-hybridized carbons (Fsp3) is 0.417. The Hall–Kier alpha value is -2.29. The van der Waals surface area contributed by atoms with Crippen LogP contribution in [0.5, 0.6) is 5.75 Å². The summed E-state index contributed by atoms with van der Waals surface area (Å²) in [6.45, 7) is 5.82. The lowest BCUT2D eigenvalue weighted by Gasteiger charge is -2.15. The molecule has 168 valence electrons. The van der Waals surface area contributed by atoms with E-state index in [1.165, 1.54) is 11.1 Å². The summed E-state index contributed by atoms with van der Waals surface area (Å²) in [5, 5.41) is 6.69. The second-order valence-electron chi connectivity index (χ2n) is 7.42. The number of guanidine groups is 1. The minimum atomic E-state index is 0. The van der Waals surface area contributed by atoms with Crippen LogP contribution in [0.1, 0.15) is 36.5 Å². The molecule has 2 N–H and O–H groups in total. The Bertz CT molecular complexity index is 855. The van der Waals surface area contributed by atoms with E-state index in [1.807, 2.05) is 23.1 Å². The van der Waals surface area contributed by atoms with Crippen LogP contribution in [0.2, 0.25) is 0 Å². The Morgan fingerprint density at radius 2 is 1.84 bits per heavy atom. The number of ether oxygens (including phenoxy) is 1. The lowest BCUT2D eigenvalue weighted by Crippen LogP contribution is -2.38. The number of nitrogens with one attached hydrogen (secondary N) is 2. The molecule has 0 aliphatic carbocycles. The number of para-hydroxylation sites is 1. The van der Waals surface area contributed by atoms with Crippen molar-refractivity contribution in [2.75, 3.05) is 26.7 Å². The molecule has 1 aliphatic heterocycles. The highest BCUT2D eigenvalue weighted by Gasteiger charge is 2.19. The summed E-state index contributed by atoms with van der Waals surface area (Å²) in [6.07, 6.45) is 2.52. The molecular weight excluding hydrogens is 503 g/mol. The van der Waals surface area contributed by atoms with E-state index in [-0.39, 0.29) is 29.9 Å². The number of hydrogen-bond donors (Lipinski definition) is 2. The van der Waals surface area contributed by atoms with Gasteiger partial charge in [0, 0.05) is 32.6 Å². The van der Waals surface area contributed by atoms with Gasteiger partial charge in [0.15, 0.2) is 5.96 Å². The Morgan fingerprint density at radius 3 is 2.52 bits per heavy atom. The lowest BCUT2D eigenvalue weighted by molar-refractivity contribution is -0.128. The molecule has 0 spiro atoms. The number of carbonyl (C=O) groups is 1. The molecule has 1 aliphatic rings. The van der Waals surface area contributed by atoms with Crippen LogP contribution in [-0.4, -0.2) is 43.5 Å². The number of amides is 1. The van der Waals surface area contributed by atoms with E-state index in [0.29, 0.717) is 19.5 Å². The molecule has 31 heavy (non-hydrogen) atoms. The average Bonchev–Trinajstić information content (AvgIpc) is 3.17. The molecule has 1 amide bonds. The second kappa shape index (κ2) is 13.2. The molecule has 3 rings (SSSR count). The van der Waals surface area contributed by atoms with Gasteiger partial charge in [0.05, 0.1) is 13.7 Å². The molecule has 0 unspecified atom stereocenters. The zero-order valence-electron chi connectivity index (χ0n) is 18.4. The lowest BCUT2D eigenvalue weighted by atomic mass is 10.1. The van der Waals surface area contributed by atoms with Crippen LogP contribution >= 0.6 is 24.0 Å². The highest BCUT2D eigenvalue weighted by Crippen LogP contribution is 2.17. The second-order valence-corrected chi connectivity index (χ2v) is 7.42. The first-order valence-corrected chi connectivity index (χ1v) is 10.7. The van der Waals surface area contributed by atoms with Crippen molar-refractivity contribution in [3.63, 3.8) is 0 Å². The molecule has 0 bridgehead atoms. The summed E-state index contributed by atoms with van der Waals surface area (Å²) in [7, 11) is 1.70. The van der Waals surface area contributed by atoms with E-state index in [9.17, 15) is 4.79 Å². The van der Waals surface area contributed by atoms with Crippen LogP contribution in [0.4, 0.5) is 0 Å². The van der Waals surface area contributed by atoms with Crippen LogP contribution in [-0.2, 0) is 24.3 Å². The van der Waals surface area contributed by atoms with Crippen molar-refractivity contribution >= 4 is 35.8 Å². The van der Waals surface area contributed by atoms with Crippen LogP contribution in [0.15, 0.2) is 53.5 Å². The number of aliphatic imine (C=N–C) groups is 1. The maximum absolute atomic E-state index is 11.8. The molecule has 0 atom stereocenters. The number of halogens is 1. The third kappa shape index (κ3) is 7.72. The van der Waals surface area contributed by atoms with Crippen molar-refractivity contribution in [3.05, 3.63) is 65.2 Å². The average molecular weight is 536 g/mol. The van der Waals surface area contributed by atoms with Crippen molar-refractivity contribution in [1.82, 2.24) is 15.5 Å². The highest BCUT2D eigenvalue weighted by atomic mass is 127. The van der Waals surface area contributed by atoms with Crippen molar-refractivity contribution in [1.29, 1.82) is 0 Å². The van der Waals surface area contributed by atoms with Crippen LogP contribution in [0, 0.1) is 0 Å². The van der Waals surface area contributed by atoms with Gasteiger partial charge < -0.3 is 20.3 Å². The maximum Gasteiger partial charge on any atom is 0.222 e. The van der Waals surface area contributed by atoms with E-state index in [1.54, 1.807) is 7.11 Å². The molecule has 0 radical (unpaired) electrons. The fourth-order valence-corrected chi connectivity index (χ4v) is 3.58. The third-order valence-corrected chi connectivity index (χ3v) is 5.21. The molecule has 1 saturated heterocycles. The van der Waals surface area contributed by atoms with Gasteiger partial charge in [0.25, 0.3) is 0 Å². The van der Waals surface area contributed by atoms with E-state index in [0.717, 1.165) is 49.7 Å². The maximum atomic E-state index is 11.8. The number of methoxy groups -OCH3 is 1. The Labute approximate surface area is 202 Å². The topological polar surface area (TPSA) is 66.0 Å². The van der Waals surface area contributed by atoms with Crippen LogP contribution < -0.4 is 15.4 Å². The molecule has 2 aromatic rings. The van der Waals surface area contributed by atoms with Crippen LogP contribution in [0.3, 0.4) is 0 Å². The number of carbonyl (C=O) groups excluding carboxylic acids is 1. The number of likely N-dealkylation sites (tertiary alicyclic amines) is 1. The van der Waals surface area contributed by atoms with Crippen LogP contribution in [0.25, 0.3) is 0 Å². The van der Waals surface area contributed by atoms with Gasteiger partial charge in [-0.1, -0.05) is 42.5 Å². The smallest absolute Gasteiger partial charge is 0.222 e. The quantitative estimate of drug-likeness (QED) is 0.291. The van der Waals surface area contributed by atoms with Gasteiger partial charge in [-0.25, -0.2) is 4.99 Å². The minimum absolute atomic E-state index is 0. The number of rotatable bonds is 9.